The summed E-state index contributed by atoms with van der Waals surface area (Å²) in [6.07, 6.45) is 2.58. The Morgan fingerprint density at radius 1 is 1.33 bits per heavy atom. The number of aryl methyl sites for hydroxylation is 2. The Bertz CT molecular complexity index is 565. The summed E-state index contributed by atoms with van der Waals surface area (Å²) in [5.41, 5.74) is 4.51. The number of nitrogens with one attached hydrogen (secondary N) is 1. The van der Waals surface area contributed by atoms with Crippen molar-refractivity contribution in [1.29, 1.82) is 0 Å². The molecule has 0 fully saturated rings. The Kier molecular flexibility index (Phi) is 5.47. The zero-order valence-corrected chi connectivity index (χ0v) is 13.0. The van der Waals surface area contributed by atoms with E-state index in [2.05, 4.69) is 22.3 Å². The summed E-state index contributed by atoms with van der Waals surface area (Å²) in [6.45, 7) is 5.81. The zero-order chi connectivity index (χ0) is 15.2. The molecule has 5 heteroatoms. The van der Waals surface area contributed by atoms with Gasteiger partial charge in [-0.15, -0.1) is 0 Å². The fourth-order valence-electron chi connectivity index (χ4n) is 2.49. The van der Waals surface area contributed by atoms with Crippen molar-refractivity contribution in [2.75, 3.05) is 13.2 Å². The summed E-state index contributed by atoms with van der Waals surface area (Å²) in [5.74, 6) is 0.178. The van der Waals surface area contributed by atoms with Crippen LogP contribution in [0, 0.1) is 19.8 Å². The molecule has 0 saturated carbocycles. The van der Waals surface area contributed by atoms with Gasteiger partial charge >= 0.3 is 0 Å². The van der Waals surface area contributed by atoms with E-state index in [0.717, 1.165) is 30.9 Å². The quantitative estimate of drug-likeness (QED) is 0.808. The molecular formula is C16H24N4O. The van der Waals surface area contributed by atoms with Gasteiger partial charge in [0.15, 0.2) is 0 Å². The summed E-state index contributed by atoms with van der Waals surface area (Å²) in [4.78, 5) is 4.31. The Morgan fingerprint density at radius 2 is 2.14 bits per heavy atom. The summed E-state index contributed by atoms with van der Waals surface area (Å²) >= 11 is 0. The van der Waals surface area contributed by atoms with Crippen molar-refractivity contribution in [2.24, 2.45) is 13.0 Å². The van der Waals surface area contributed by atoms with Crippen molar-refractivity contribution in [3.8, 4) is 0 Å². The number of pyridine rings is 1. The van der Waals surface area contributed by atoms with Crippen molar-refractivity contribution >= 4 is 0 Å². The lowest BCUT2D eigenvalue weighted by Crippen LogP contribution is -2.27. The maximum Gasteiger partial charge on any atom is 0.0641 e. The molecule has 21 heavy (non-hydrogen) atoms. The largest absolute Gasteiger partial charge is 0.396 e. The van der Waals surface area contributed by atoms with E-state index in [-0.39, 0.29) is 12.5 Å². The average Bonchev–Trinajstić information content (AvgIpc) is 2.73. The van der Waals surface area contributed by atoms with Crippen molar-refractivity contribution in [3.63, 3.8) is 0 Å². The van der Waals surface area contributed by atoms with Gasteiger partial charge in [-0.3, -0.25) is 9.67 Å². The van der Waals surface area contributed by atoms with Crippen LogP contribution in [0.1, 0.15) is 22.6 Å². The van der Waals surface area contributed by atoms with Gasteiger partial charge < -0.3 is 10.4 Å². The third-order valence-electron chi connectivity index (χ3n) is 3.88. The van der Waals surface area contributed by atoms with Gasteiger partial charge in [0.1, 0.15) is 0 Å². The molecule has 1 atom stereocenters. The van der Waals surface area contributed by atoms with Gasteiger partial charge in [-0.1, -0.05) is 6.07 Å². The van der Waals surface area contributed by atoms with Crippen LogP contribution in [-0.4, -0.2) is 33.0 Å². The molecule has 2 N–H and O–H groups in total. The minimum absolute atomic E-state index is 0.161. The number of rotatable bonds is 7. The molecule has 0 amide bonds. The van der Waals surface area contributed by atoms with Gasteiger partial charge in [-0.2, -0.15) is 5.10 Å². The molecule has 0 aliphatic heterocycles. The van der Waals surface area contributed by atoms with Crippen LogP contribution < -0.4 is 5.32 Å². The molecule has 0 saturated heterocycles. The average molecular weight is 288 g/mol. The normalized spacial score (nSPS) is 12.6. The van der Waals surface area contributed by atoms with Crippen LogP contribution >= 0.6 is 0 Å². The molecule has 0 bridgehead atoms. The van der Waals surface area contributed by atoms with E-state index in [1.165, 1.54) is 11.3 Å². The molecule has 0 aromatic carbocycles. The van der Waals surface area contributed by atoms with Crippen molar-refractivity contribution in [3.05, 3.63) is 47.0 Å². The fraction of sp³-hybridized carbons (Fsp3) is 0.500. The van der Waals surface area contributed by atoms with E-state index in [9.17, 15) is 5.11 Å². The Labute approximate surface area is 126 Å². The SMILES string of the molecule is Cc1nn(C)c(C)c1CNCC(CO)Cc1ccccn1. The molecular weight excluding hydrogens is 264 g/mol. The summed E-state index contributed by atoms with van der Waals surface area (Å²) in [5, 5.41) is 17.4. The zero-order valence-electron chi connectivity index (χ0n) is 13.0. The van der Waals surface area contributed by atoms with Gasteiger partial charge in [0.25, 0.3) is 0 Å². The number of aliphatic hydroxyl groups is 1. The second-order valence-corrected chi connectivity index (χ2v) is 5.48. The minimum Gasteiger partial charge on any atom is -0.396 e. The standard InChI is InChI=1S/C16H24N4O/c1-12-16(13(2)20(3)19-12)10-17-9-14(11-21)8-15-6-4-5-7-18-15/h4-7,14,17,21H,8-11H2,1-3H3. The molecule has 0 aliphatic carbocycles. The van der Waals surface area contributed by atoms with Gasteiger partial charge in [0, 0.05) is 49.9 Å². The topological polar surface area (TPSA) is 63.0 Å². The lowest BCUT2D eigenvalue weighted by molar-refractivity contribution is 0.220. The lowest BCUT2D eigenvalue weighted by Gasteiger charge is -2.15. The van der Waals surface area contributed by atoms with Crippen molar-refractivity contribution in [2.45, 2.75) is 26.8 Å². The van der Waals surface area contributed by atoms with Crippen LogP contribution in [0.25, 0.3) is 0 Å². The van der Waals surface area contributed by atoms with E-state index < -0.39 is 0 Å². The summed E-state index contributed by atoms with van der Waals surface area (Å²) in [6, 6.07) is 5.88. The summed E-state index contributed by atoms with van der Waals surface area (Å²) < 4.78 is 1.91. The minimum atomic E-state index is 0.161. The van der Waals surface area contributed by atoms with Crippen LogP contribution in [0.4, 0.5) is 0 Å². The van der Waals surface area contributed by atoms with Gasteiger partial charge in [-0.25, -0.2) is 0 Å². The lowest BCUT2D eigenvalue weighted by atomic mass is 10.0. The van der Waals surface area contributed by atoms with Crippen LogP contribution in [0.2, 0.25) is 0 Å². The van der Waals surface area contributed by atoms with E-state index in [0.29, 0.717) is 0 Å². The number of hydrogen-bond donors (Lipinski definition) is 2. The van der Waals surface area contributed by atoms with E-state index in [1.54, 1.807) is 6.20 Å². The third kappa shape index (κ3) is 4.12. The van der Waals surface area contributed by atoms with Crippen LogP contribution in [0.5, 0.6) is 0 Å². The Morgan fingerprint density at radius 3 is 2.71 bits per heavy atom. The first-order chi connectivity index (χ1) is 10.1. The van der Waals surface area contributed by atoms with Gasteiger partial charge in [-0.05, 0) is 38.3 Å². The fourth-order valence-corrected chi connectivity index (χ4v) is 2.49. The van der Waals surface area contributed by atoms with Crippen LogP contribution in [-0.2, 0) is 20.0 Å². The molecule has 0 aliphatic rings. The van der Waals surface area contributed by atoms with E-state index in [1.807, 2.05) is 36.9 Å². The Hall–Kier alpha value is -1.72. The monoisotopic (exact) mass is 288 g/mol. The number of nitrogens with zero attached hydrogens (tertiary/aromatic N) is 3. The van der Waals surface area contributed by atoms with Crippen molar-refractivity contribution in [1.82, 2.24) is 20.1 Å². The molecule has 0 spiro atoms. The second kappa shape index (κ2) is 7.33. The number of aliphatic hydroxyl groups excluding tert-OH is 1. The van der Waals surface area contributed by atoms with Crippen LogP contribution in [0.15, 0.2) is 24.4 Å². The molecule has 5 nitrogen and oxygen atoms in total. The van der Waals surface area contributed by atoms with E-state index >= 15 is 0 Å². The number of hydrogen-bond acceptors (Lipinski definition) is 4. The highest BCUT2D eigenvalue weighted by Crippen LogP contribution is 2.12. The molecule has 2 rings (SSSR count). The molecule has 2 aromatic heterocycles. The second-order valence-electron chi connectivity index (χ2n) is 5.48. The first-order valence-electron chi connectivity index (χ1n) is 7.32. The highest BCUT2D eigenvalue weighted by Gasteiger charge is 2.12. The van der Waals surface area contributed by atoms with Crippen LogP contribution in [0.3, 0.4) is 0 Å². The Balaban J connectivity index is 1.86. The molecule has 0 radical (unpaired) electrons. The van der Waals surface area contributed by atoms with Gasteiger partial charge in [0.2, 0.25) is 0 Å². The predicted molar refractivity (Wildman–Crippen MR) is 82.9 cm³/mol. The first-order valence-corrected chi connectivity index (χ1v) is 7.32. The molecule has 2 heterocycles. The highest BCUT2D eigenvalue weighted by molar-refractivity contribution is 5.23. The molecule has 114 valence electrons. The molecule has 1 unspecified atom stereocenters. The molecule has 2 aromatic rings. The van der Waals surface area contributed by atoms with E-state index in [4.69, 9.17) is 0 Å². The number of aromatic nitrogens is 3. The van der Waals surface area contributed by atoms with Crippen molar-refractivity contribution < 1.29 is 5.11 Å². The maximum absolute atomic E-state index is 9.51. The predicted octanol–water partition coefficient (Wildman–Crippen LogP) is 1.37. The van der Waals surface area contributed by atoms with Gasteiger partial charge in [0.05, 0.1) is 5.69 Å². The first kappa shape index (κ1) is 15.7. The third-order valence-corrected chi connectivity index (χ3v) is 3.88. The maximum atomic E-state index is 9.51. The smallest absolute Gasteiger partial charge is 0.0641 e. The summed E-state index contributed by atoms with van der Waals surface area (Å²) in [7, 11) is 1.96. The highest BCUT2D eigenvalue weighted by atomic mass is 16.3.